The topological polar surface area (TPSA) is 94.7 Å². The number of imidazole rings is 1. The van der Waals surface area contributed by atoms with Crippen molar-refractivity contribution < 1.29 is 4.74 Å². The Balaban J connectivity index is 1.45. The molecule has 0 aromatic carbocycles. The van der Waals surface area contributed by atoms with Crippen molar-refractivity contribution in [1.82, 2.24) is 34.5 Å². The molecule has 0 saturated carbocycles. The minimum absolute atomic E-state index is 0.0289. The molecule has 4 aromatic heterocycles. The molecule has 5 heterocycles. The second-order valence-electron chi connectivity index (χ2n) is 7.24. The zero-order valence-electron chi connectivity index (χ0n) is 16.9. The average Bonchev–Trinajstić information content (AvgIpc) is 3.40. The van der Waals surface area contributed by atoms with Crippen molar-refractivity contribution in [2.75, 3.05) is 18.0 Å². The van der Waals surface area contributed by atoms with Crippen LogP contribution in [0.15, 0.2) is 43.2 Å². The van der Waals surface area contributed by atoms with E-state index in [1.54, 1.807) is 18.6 Å². The monoisotopic (exact) mass is 402 g/mol. The summed E-state index contributed by atoms with van der Waals surface area (Å²) in [7, 11) is 0. The van der Waals surface area contributed by atoms with Gasteiger partial charge in [-0.25, -0.2) is 19.9 Å². The Morgan fingerprint density at radius 3 is 2.77 bits per heavy atom. The lowest BCUT2D eigenvalue weighted by atomic mass is 10.3. The fourth-order valence-corrected chi connectivity index (χ4v) is 3.79. The van der Waals surface area contributed by atoms with E-state index in [9.17, 15) is 0 Å². The van der Waals surface area contributed by atoms with Gasteiger partial charge in [-0.3, -0.25) is 4.98 Å². The molecule has 9 heteroatoms. The predicted molar refractivity (Wildman–Crippen MR) is 112 cm³/mol. The summed E-state index contributed by atoms with van der Waals surface area (Å²) in [5, 5.41) is 0. The van der Waals surface area contributed by atoms with Gasteiger partial charge in [0.15, 0.2) is 11.2 Å². The van der Waals surface area contributed by atoms with Crippen LogP contribution in [0.4, 0.5) is 5.69 Å². The van der Waals surface area contributed by atoms with Crippen LogP contribution < -0.4 is 9.64 Å². The normalized spacial score (nSPS) is 16.3. The van der Waals surface area contributed by atoms with Gasteiger partial charge < -0.3 is 14.2 Å². The molecule has 4 aromatic rings. The largest absolute Gasteiger partial charge is 0.471 e. The highest BCUT2D eigenvalue weighted by molar-refractivity contribution is 5.81. The molecule has 1 unspecified atom stereocenters. The van der Waals surface area contributed by atoms with Crippen LogP contribution >= 0.6 is 0 Å². The Bertz CT molecular complexity index is 1160. The van der Waals surface area contributed by atoms with Crippen LogP contribution in [0.25, 0.3) is 22.6 Å². The van der Waals surface area contributed by atoms with E-state index in [4.69, 9.17) is 9.72 Å². The van der Waals surface area contributed by atoms with Gasteiger partial charge in [0.05, 0.1) is 24.0 Å². The first kappa shape index (κ1) is 18.4. The number of pyridine rings is 1. The van der Waals surface area contributed by atoms with Gasteiger partial charge in [-0.2, -0.15) is 4.98 Å². The zero-order chi connectivity index (χ0) is 20.5. The Kier molecular flexibility index (Phi) is 4.70. The highest BCUT2D eigenvalue weighted by Gasteiger charge is 2.26. The van der Waals surface area contributed by atoms with E-state index in [0.29, 0.717) is 17.9 Å². The molecule has 1 saturated heterocycles. The van der Waals surface area contributed by atoms with Gasteiger partial charge in [-0.15, -0.1) is 0 Å². The Hall–Kier alpha value is -3.62. The maximum atomic E-state index is 6.29. The first-order valence-corrected chi connectivity index (χ1v) is 10.0. The van der Waals surface area contributed by atoms with Crippen LogP contribution in [0, 0.1) is 6.92 Å². The second-order valence-corrected chi connectivity index (χ2v) is 7.24. The molecule has 1 aliphatic heterocycles. The standard InChI is InChI=1S/C21H22N8O/c1-3-29-19(15-9-23-14(2)24-10-15)27-18-20(29)25-13-26-21(18)30-17-6-8-28(12-17)16-5-4-7-22-11-16/h4-5,7,9-11,13,17H,3,6,8,12H2,1-2H3. The fraction of sp³-hybridized carbons (Fsp3) is 0.333. The van der Waals surface area contributed by atoms with Crippen molar-refractivity contribution in [3.05, 3.63) is 49.1 Å². The molecule has 0 spiro atoms. The summed E-state index contributed by atoms with van der Waals surface area (Å²) in [6.45, 7) is 6.34. The zero-order valence-corrected chi connectivity index (χ0v) is 16.9. The van der Waals surface area contributed by atoms with Crippen molar-refractivity contribution in [3.63, 3.8) is 0 Å². The molecule has 1 aliphatic rings. The number of ether oxygens (including phenoxy) is 1. The molecule has 0 amide bonds. The molecule has 152 valence electrons. The van der Waals surface area contributed by atoms with Crippen LogP contribution in [0.2, 0.25) is 0 Å². The molecule has 0 aliphatic carbocycles. The maximum absolute atomic E-state index is 6.29. The smallest absolute Gasteiger partial charge is 0.245 e. The van der Waals surface area contributed by atoms with E-state index in [1.165, 1.54) is 6.33 Å². The van der Waals surface area contributed by atoms with Crippen molar-refractivity contribution in [2.45, 2.75) is 32.9 Å². The van der Waals surface area contributed by atoms with E-state index in [-0.39, 0.29) is 6.10 Å². The third kappa shape index (κ3) is 3.32. The van der Waals surface area contributed by atoms with Gasteiger partial charge in [-0.1, -0.05) is 0 Å². The number of nitrogens with zero attached hydrogens (tertiary/aromatic N) is 8. The summed E-state index contributed by atoms with van der Waals surface area (Å²) >= 11 is 0. The van der Waals surface area contributed by atoms with Crippen LogP contribution in [0.3, 0.4) is 0 Å². The van der Waals surface area contributed by atoms with E-state index in [2.05, 4.69) is 42.8 Å². The first-order chi connectivity index (χ1) is 14.7. The van der Waals surface area contributed by atoms with Crippen LogP contribution in [-0.4, -0.2) is 53.7 Å². The van der Waals surface area contributed by atoms with Gasteiger partial charge in [0.1, 0.15) is 24.1 Å². The lowest BCUT2D eigenvalue weighted by Crippen LogP contribution is -2.24. The van der Waals surface area contributed by atoms with E-state index < -0.39 is 0 Å². The lowest BCUT2D eigenvalue weighted by Gasteiger charge is -2.18. The quantitative estimate of drug-likeness (QED) is 0.503. The number of hydrogen-bond donors (Lipinski definition) is 0. The van der Waals surface area contributed by atoms with Gasteiger partial charge in [-0.05, 0) is 26.0 Å². The summed E-state index contributed by atoms with van der Waals surface area (Å²) < 4.78 is 8.32. The van der Waals surface area contributed by atoms with Gasteiger partial charge >= 0.3 is 0 Å². The maximum Gasteiger partial charge on any atom is 0.245 e. The van der Waals surface area contributed by atoms with E-state index in [0.717, 1.165) is 48.1 Å². The van der Waals surface area contributed by atoms with Crippen LogP contribution in [0.5, 0.6) is 5.88 Å². The number of aryl methyl sites for hydroxylation is 2. The highest BCUT2D eigenvalue weighted by atomic mass is 16.5. The molecule has 5 rings (SSSR count). The molecular formula is C21H22N8O. The fourth-order valence-electron chi connectivity index (χ4n) is 3.79. The Labute approximate surface area is 173 Å². The minimum Gasteiger partial charge on any atom is -0.471 e. The Morgan fingerprint density at radius 2 is 2.00 bits per heavy atom. The summed E-state index contributed by atoms with van der Waals surface area (Å²) in [6, 6.07) is 4.02. The molecule has 9 nitrogen and oxygen atoms in total. The lowest BCUT2D eigenvalue weighted by molar-refractivity contribution is 0.218. The van der Waals surface area contributed by atoms with Crippen molar-refractivity contribution in [3.8, 4) is 17.3 Å². The molecule has 1 fully saturated rings. The number of rotatable bonds is 5. The summed E-state index contributed by atoms with van der Waals surface area (Å²) in [6.07, 6.45) is 9.71. The predicted octanol–water partition coefficient (Wildman–Crippen LogP) is 2.66. The number of fused-ring (bicyclic) bond motifs is 1. The number of anilines is 1. The third-order valence-corrected chi connectivity index (χ3v) is 5.29. The molecular weight excluding hydrogens is 380 g/mol. The van der Waals surface area contributed by atoms with Gasteiger partial charge in [0, 0.05) is 38.1 Å². The molecule has 30 heavy (non-hydrogen) atoms. The van der Waals surface area contributed by atoms with Gasteiger partial charge in [0.2, 0.25) is 5.88 Å². The molecule has 0 bridgehead atoms. The SMILES string of the molecule is CCn1c(-c2cnc(C)nc2)nc2c(OC3CCN(c4cccnc4)C3)ncnc21. The highest BCUT2D eigenvalue weighted by Crippen LogP contribution is 2.29. The minimum atomic E-state index is 0.0289. The molecule has 1 atom stereocenters. The summed E-state index contributed by atoms with van der Waals surface area (Å²) in [4.78, 5) is 28.8. The summed E-state index contributed by atoms with van der Waals surface area (Å²) in [5.74, 6) is 2.00. The van der Waals surface area contributed by atoms with Gasteiger partial charge in [0.25, 0.3) is 0 Å². The third-order valence-electron chi connectivity index (χ3n) is 5.29. The molecule has 0 N–H and O–H groups in total. The average molecular weight is 402 g/mol. The van der Waals surface area contributed by atoms with E-state index in [1.807, 2.05) is 23.8 Å². The Morgan fingerprint density at radius 1 is 1.13 bits per heavy atom. The van der Waals surface area contributed by atoms with Crippen molar-refractivity contribution in [2.24, 2.45) is 0 Å². The van der Waals surface area contributed by atoms with Crippen LogP contribution in [-0.2, 0) is 6.54 Å². The van der Waals surface area contributed by atoms with Crippen molar-refractivity contribution in [1.29, 1.82) is 0 Å². The summed E-state index contributed by atoms with van der Waals surface area (Å²) in [5.41, 5.74) is 3.36. The number of aromatic nitrogens is 7. The van der Waals surface area contributed by atoms with Crippen molar-refractivity contribution >= 4 is 16.9 Å². The van der Waals surface area contributed by atoms with E-state index >= 15 is 0 Å². The first-order valence-electron chi connectivity index (χ1n) is 10.0. The molecule has 0 radical (unpaired) electrons. The van der Waals surface area contributed by atoms with Crippen LogP contribution in [0.1, 0.15) is 19.2 Å². The second kappa shape index (κ2) is 7.66. The number of hydrogen-bond acceptors (Lipinski definition) is 8.